The number of amides is 2. The summed E-state index contributed by atoms with van der Waals surface area (Å²) >= 11 is 0. The van der Waals surface area contributed by atoms with Gasteiger partial charge in [-0.25, -0.2) is 18.7 Å². The molecule has 2 saturated heterocycles. The largest absolute Gasteiger partial charge is 0.444 e. The van der Waals surface area contributed by atoms with Crippen molar-refractivity contribution in [2.24, 2.45) is 0 Å². The summed E-state index contributed by atoms with van der Waals surface area (Å²) < 4.78 is 33.0. The second-order valence-electron chi connectivity index (χ2n) is 7.74. The lowest BCUT2D eigenvalue weighted by molar-refractivity contribution is -0.132. The van der Waals surface area contributed by atoms with E-state index in [9.17, 15) is 18.0 Å². The van der Waals surface area contributed by atoms with Crippen LogP contribution in [0.5, 0.6) is 0 Å². The third kappa shape index (κ3) is 4.39. The molecule has 2 aliphatic heterocycles. The van der Waals surface area contributed by atoms with E-state index >= 15 is 0 Å². The van der Waals surface area contributed by atoms with E-state index in [-0.39, 0.29) is 13.0 Å². The molecule has 0 saturated carbocycles. The van der Waals surface area contributed by atoms with Crippen molar-refractivity contribution in [3.63, 3.8) is 0 Å². The highest BCUT2D eigenvalue weighted by molar-refractivity contribution is 7.92. The fraction of sp³-hybridized carbons (Fsp3) is 0.579. The molecule has 2 fully saturated rings. The molecule has 0 aliphatic carbocycles. The first-order valence-corrected chi connectivity index (χ1v) is 11.3. The van der Waals surface area contributed by atoms with Crippen LogP contribution in [0.15, 0.2) is 24.3 Å². The van der Waals surface area contributed by atoms with Crippen molar-refractivity contribution in [2.45, 2.75) is 43.0 Å². The minimum absolute atomic E-state index is 0.110. The summed E-state index contributed by atoms with van der Waals surface area (Å²) in [6.07, 6.45) is 1.16. The first-order chi connectivity index (χ1) is 13.7. The third-order valence-electron chi connectivity index (χ3n) is 5.79. The van der Waals surface area contributed by atoms with Crippen LogP contribution in [0.4, 0.5) is 10.5 Å². The van der Waals surface area contributed by atoms with E-state index in [1.165, 1.54) is 22.9 Å². The Balaban J connectivity index is 1.72. The van der Waals surface area contributed by atoms with E-state index < -0.39 is 32.7 Å². The third-order valence-corrected chi connectivity index (χ3v) is 7.78. The molecule has 2 amide bonds. The maximum atomic E-state index is 12.3. The molecule has 0 bridgehead atoms. The van der Waals surface area contributed by atoms with Crippen LogP contribution >= 0.6 is 0 Å². The van der Waals surface area contributed by atoms with E-state index in [4.69, 9.17) is 14.7 Å². The van der Waals surface area contributed by atoms with E-state index in [0.717, 1.165) is 32.3 Å². The molecule has 1 aromatic rings. The van der Waals surface area contributed by atoms with Crippen molar-refractivity contribution >= 4 is 27.5 Å². The lowest BCUT2D eigenvalue weighted by Crippen LogP contribution is -2.51. The molecule has 10 heteroatoms. The van der Waals surface area contributed by atoms with E-state index in [1.807, 2.05) is 24.3 Å². The molecule has 3 rings (SSSR count). The van der Waals surface area contributed by atoms with Crippen molar-refractivity contribution in [3.8, 4) is 0 Å². The van der Waals surface area contributed by atoms with E-state index in [2.05, 4.69) is 0 Å². The highest BCUT2D eigenvalue weighted by atomic mass is 32.2. The predicted octanol–water partition coefficient (Wildman–Crippen LogP) is 1.60. The monoisotopic (exact) mass is 426 g/mol. The summed E-state index contributed by atoms with van der Waals surface area (Å²) in [7, 11) is -3.87. The first-order valence-electron chi connectivity index (χ1n) is 9.45. The molecule has 1 aromatic carbocycles. The van der Waals surface area contributed by atoms with Crippen LogP contribution in [0.2, 0.25) is 0 Å². The quantitative estimate of drug-likeness (QED) is 0.523. The molecular formula is C19H26N2O7S. The van der Waals surface area contributed by atoms with Crippen LogP contribution < -0.4 is 10.4 Å². The standard InChI is InChI=1S/C19H26N2O7S/c1-19(17(22)20-24,29(2,25)26)11-16-12-21(18(23)28-16)15-5-3-13(4-6-15)14-7-9-27-10-8-14/h3-6,14,16,24H,7-12H2,1-2H3,(H,20,22)/t16-,19+/m0/s1. The van der Waals surface area contributed by atoms with Gasteiger partial charge in [-0.05, 0) is 43.4 Å². The Morgan fingerprint density at radius 1 is 1.28 bits per heavy atom. The van der Waals surface area contributed by atoms with Gasteiger partial charge in [0.15, 0.2) is 14.6 Å². The Kier molecular flexibility index (Phi) is 6.16. The van der Waals surface area contributed by atoms with Crippen molar-refractivity contribution < 1.29 is 32.7 Å². The van der Waals surface area contributed by atoms with E-state index in [1.54, 1.807) is 0 Å². The SMILES string of the molecule is C[C@@](C[C@H]1CN(c2ccc(C3CCOCC3)cc2)C(=O)O1)(C(=O)NO)S(C)(=O)=O. The van der Waals surface area contributed by atoms with E-state index in [0.29, 0.717) is 11.6 Å². The molecule has 0 spiro atoms. The first kappa shape index (κ1) is 21.5. The molecule has 2 N–H and O–H groups in total. The Morgan fingerprint density at radius 3 is 2.45 bits per heavy atom. The van der Waals surface area contributed by atoms with Gasteiger partial charge in [-0.2, -0.15) is 0 Å². The average molecular weight is 426 g/mol. The smallest absolute Gasteiger partial charge is 0.414 e. The zero-order valence-corrected chi connectivity index (χ0v) is 17.3. The van der Waals surface area contributed by atoms with Crippen molar-refractivity contribution in [3.05, 3.63) is 29.8 Å². The lowest BCUT2D eigenvalue weighted by atomic mass is 9.91. The van der Waals surface area contributed by atoms with Gasteiger partial charge in [0, 0.05) is 31.6 Å². The summed E-state index contributed by atoms with van der Waals surface area (Å²) in [5.41, 5.74) is 3.22. The van der Waals surface area contributed by atoms with Gasteiger partial charge in [0.25, 0.3) is 5.91 Å². The summed E-state index contributed by atoms with van der Waals surface area (Å²) in [6.45, 7) is 2.80. The molecule has 9 nitrogen and oxygen atoms in total. The van der Waals surface area contributed by atoms with Crippen LogP contribution in [0.1, 0.15) is 37.7 Å². The zero-order chi connectivity index (χ0) is 21.2. The Bertz CT molecular complexity index is 865. The fourth-order valence-corrected chi connectivity index (χ4v) is 4.63. The van der Waals surface area contributed by atoms with Gasteiger partial charge in [0.1, 0.15) is 6.10 Å². The number of nitrogens with one attached hydrogen (secondary N) is 1. The van der Waals surface area contributed by atoms with Gasteiger partial charge >= 0.3 is 6.09 Å². The second kappa shape index (κ2) is 8.29. The number of hydroxylamine groups is 1. The molecule has 29 heavy (non-hydrogen) atoms. The number of carbonyl (C=O) groups is 2. The summed E-state index contributed by atoms with van der Waals surface area (Å²) in [5.74, 6) is -0.626. The van der Waals surface area contributed by atoms with Gasteiger partial charge < -0.3 is 9.47 Å². The number of hydrogen-bond donors (Lipinski definition) is 2. The summed E-state index contributed by atoms with van der Waals surface area (Å²) in [6, 6.07) is 7.63. The van der Waals surface area contributed by atoms with Gasteiger partial charge in [0.2, 0.25) is 0 Å². The predicted molar refractivity (Wildman–Crippen MR) is 105 cm³/mol. The maximum absolute atomic E-state index is 12.3. The number of cyclic esters (lactones) is 1. The number of benzene rings is 1. The van der Waals surface area contributed by atoms with Crippen molar-refractivity contribution in [1.29, 1.82) is 0 Å². The number of ether oxygens (including phenoxy) is 2. The molecule has 0 unspecified atom stereocenters. The Hall–Kier alpha value is -2.17. The molecule has 2 aliphatic rings. The van der Waals surface area contributed by atoms with Crippen LogP contribution in [0.25, 0.3) is 0 Å². The molecule has 160 valence electrons. The van der Waals surface area contributed by atoms with Gasteiger partial charge in [0.05, 0.1) is 6.54 Å². The Labute approximate surface area is 169 Å². The second-order valence-corrected chi connectivity index (χ2v) is 10.2. The normalized spacial score (nSPS) is 22.8. The van der Waals surface area contributed by atoms with Crippen LogP contribution in [-0.4, -0.2) is 62.5 Å². The number of carbonyl (C=O) groups excluding carboxylic acids is 2. The maximum Gasteiger partial charge on any atom is 0.414 e. The van der Waals surface area contributed by atoms with Crippen LogP contribution in [0, 0.1) is 0 Å². The number of anilines is 1. The Morgan fingerprint density at radius 2 is 1.90 bits per heavy atom. The average Bonchev–Trinajstić information content (AvgIpc) is 3.07. The number of rotatable bonds is 6. The highest BCUT2D eigenvalue weighted by Crippen LogP contribution is 2.32. The number of hydrogen-bond acceptors (Lipinski definition) is 7. The van der Waals surface area contributed by atoms with Gasteiger partial charge in [-0.15, -0.1) is 0 Å². The van der Waals surface area contributed by atoms with Crippen LogP contribution in [-0.2, 0) is 24.1 Å². The summed E-state index contributed by atoms with van der Waals surface area (Å²) in [4.78, 5) is 25.7. The molecule has 0 aromatic heterocycles. The summed E-state index contributed by atoms with van der Waals surface area (Å²) in [5, 5.41) is 8.93. The molecular weight excluding hydrogens is 400 g/mol. The minimum Gasteiger partial charge on any atom is -0.444 e. The van der Waals surface area contributed by atoms with Crippen molar-refractivity contribution in [1.82, 2.24) is 5.48 Å². The van der Waals surface area contributed by atoms with Gasteiger partial charge in [-0.3, -0.25) is 14.9 Å². The molecule has 0 radical (unpaired) electrons. The minimum atomic E-state index is -3.87. The zero-order valence-electron chi connectivity index (χ0n) is 16.5. The lowest BCUT2D eigenvalue weighted by Gasteiger charge is -2.27. The number of sulfone groups is 1. The molecule has 2 atom stereocenters. The van der Waals surface area contributed by atoms with Crippen LogP contribution in [0.3, 0.4) is 0 Å². The fourth-order valence-electron chi connectivity index (χ4n) is 3.76. The topological polar surface area (TPSA) is 122 Å². The van der Waals surface area contributed by atoms with Crippen molar-refractivity contribution in [2.75, 3.05) is 30.9 Å². The van der Waals surface area contributed by atoms with Gasteiger partial charge in [-0.1, -0.05) is 12.1 Å². The number of nitrogens with zero attached hydrogens (tertiary/aromatic N) is 1. The highest BCUT2D eigenvalue weighted by Gasteiger charge is 2.48. The molecule has 2 heterocycles.